The highest BCUT2D eigenvalue weighted by atomic mass is 16.5. The molecule has 1 fully saturated rings. The normalized spacial score (nSPS) is 18.9. The summed E-state index contributed by atoms with van der Waals surface area (Å²) < 4.78 is 6.90. The van der Waals surface area contributed by atoms with Crippen LogP contribution >= 0.6 is 0 Å². The number of rotatable bonds is 6. The summed E-state index contributed by atoms with van der Waals surface area (Å²) in [5, 5.41) is 7.61. The first kappa shape index (κ1) is 16.5. The molecule has 2 aromatic rings. The summed E-state index contributed by atoms with van der Waals surface area (Å²) in [5.74, 6) is 0.988. The topological polar surface area (TPSA) is 59.4 Å². The van der Waals surface area contributed by atoms with Gasteiger partial charge in [0.05, 0.1) is 25.0 Å². The number of carbonyl (C=O) groups is 1. The van der Waals surface area contributed by atoms with E-state index in [-0.39, 0.29) is 18.0 Å². The van der Waals surface area contributed by atoms with E-state index in [1.165, 1.54) is 5.56 Å². The smallest absolute Gasteiger partial charge is 0.244 e. The molecule has 2 heterocycles. The van der Waals surface area contributed by atoms with Crippen LogP contribution in [0.25, 0.3) is 0 Å². The largest absolute Gasteiger partial charge is 0.497 e. The molecule has 0 saturated carbocycles. The Morgan fingerprint density at radius 2 is 2.12 bits per heavy atom. The number of ether oxygens (including phenoxy) is 1. The Bertz CT molecular complexity index is 695. The molecule has 6 nitrogen and oxygen atoms in total. The number of hydrogen-bond donors (Lipinski definition) is 1. The molecule has 0 spiro atoms. The third kappa shape index (κ3) is 3.59. The summed E-state index contributed by atoms with van der Waals surface area (Å²) in [6, 6.07) is 8.16. The number of benzene rings is 1. The minimum absolute atomic E-state index is 0.126. The summed E-state index contributed by atoms with van der Waals surface area (Å²) >= 11 is 0. The molecule has 1 amide bonds. The lowest BCUT2D eigenvalue weighted by Gasteiger charge is -2.19. The standard InChI is InChI=1S/C18H24N4O2/c1-13(10-14-4-6-16(24-3)7-5-14)20-17-8-9-22(18(17)23)15-11-19-21(2)12-15/h4-7,11-13,17,20H,8-10H2,1-3H3/t13-,17+/m1/s1. The van der Waals surface area contributed by atoms with Gasteiger partial charge in [0.15, 0.2) is 0 Å². The summed E-state index contributed by atoms with van der Waals surface area (Å²) in [7, 11) is 3.52. The van der Waals surface area contributed by atoms with Crippen LogP contribution in [0.3, 0.4) is 0 Å². The summed E-state index contributed by atoms with van der Waals surface area (Å²) in [4.78, 5) is 14.4. The first-order valence-electron chi connectivity index (χ1n) is 8.26. The summed E-state index contributed by atoms with van der Waals surface area (Å²) in [6.45, 7) is 2.85. The van der Waals surface area contributed by atoms with Gasteiger partial charge >= 0.3 is 0 Å². The van der Waals surface area contributed by atoms with Gasteiger partial charge in [-0.2, -0.15) is 5.10 Å². The van der Waals surface area contributed by atoms with E-state index in [1.807, 2.05) is 30.3 Å². The van der Waals surface area contributed by atoms with Crippen molar-refractivity contribution < 1.29 is 9.53 Å². The molecule has 0 radical (unpaired) electrons. The van der Waals surface area contributed by atoms with Crippen LogP contribution in [0.4, 0.5) is 5.69 Å². The molecule has 0 unspecified atom stereocenters. The SMILES string of the molecule is COc1ccc(C[C@@H](C)N[C@H]2CCN(c3cnn(C)c3)C2=O)cc1. The van der Waals surface area contributed by atoms with Crippen LogP contribution in [-0.2, 0) is 18.3 Å². The number of carbonyl (C=O) groups excluding carboxylic acids is 1. The Balaban J connectivity index is 1.56. The second-order valence-electron chi connectivity index (χ2n) is 6.32. The second kappa shape index (κ2) is 7.05. The fourth-order valence-corrected chi connectivity index (χ4v) is 3.16. The first-order valence-corrected chi connectivity index (χ1v) is 8.26. The van der Waals surface area contributed by atoms with Gasteiger partial charge in [-0.1, -0.05) is 12.1 Å². The van der Waals surface area contributed by atoms with Gasteiger partial charge < -0.3 is 15.0 Å². The highest BCUT2D eigenvalue weighted by Gasteiger charge is 2.33. The molecule has 24 heavy (non-hydrogen) atoms. The highest BCUT2D eigenvalue weighted by Crippen LogP contribution is 2.21. The molecule has 1 saturated heterocycles. The van der Waals surface area contributed by atoms with Crippen molar-refractivity contribution in [2.45, 2.75) is 31.8 Å². The monoisotopic (exact) mass is 328 g/mol. The Hall–Kier alpha value is -2.34. The van der Waals surface area contributed by atoms with E-state index in [9.17, 15) is 4.79 Å². The van der Waals surface area contributed by atoms with E-state index in [0.29, 0.717) is 0 Å². The van der Waals surface area contributed by atoms with Crippen LogP contribution in [0.1, 0.15) is 18.9 Å². The predicted molar refractivity (Wildman–Crippen MR) is 93.3 cm³/mol. The third-order valence-corrected chi connectivity index (χ3v) is 4.40. The number of aryl methyl sites for hydroxylation is 1. The van der Waals surface area contributed by atoms with Crippen molar-refractivity contribution in [3.05, 3.63) is 42.2 Å². The number of hydrogen-bond acceptors (Lipinski definition) is 4. The number of aromatic nitrogens is 2. The average molecular weight is 328 g/mol. The Kier molecular flexibility index (Phi) is 4.85. The van der Waals surface area contributed by atoms with Crippen LogP contribution in [0.2, 0.25) is 0 Å². The molecule has 1 aliphatic rings. The lowest BCUT2D eigenvalue weighted by molar-refractivity contribution is -0.119. The zero-order chi connectivity index (χ0) is 17.1. The van der Waals surface area contributed by atoms with Crippen molar-refractivity contribution in [1.82, 2.24) is 15.1 Å². The van der Waals surface area contributed by atoms with Gasteiger partial charge in [-0.05, 0) is 37.5 Å². The predicted octanol–water partition coefficient (Wildman–Crippen LogP) is 1.75. The van der Waals surface area contributed by atoms with Crippen molar-refractivity contribution in [2.24, 2.45) is 7.05 Å². The van der Waals surface area contributed by atoms with Crippen LogP contribution in [0, 0.1) is 0 Å². The van der Waals surface area contributed by atoms with Gasteiger partial charge in [0.2, 0.25) is 5.91 Å². The van der Waals surface area contributed by atoms with Gasteiger partial charge in [0.25, 0.3) is 0 Å². The van der Waals surface area contributed by atoms with Crippen molar-refractivity contribution in [3.8, 4) is 5.75 Å². The molecular weight excluding hydrogens is 304 g/mol. The van der Waals surface area contributed by atoms with Crippen LogP contribution in [0.5, 0.6) is 5.75 Å². The number of nitrogens with zero attached hydrogens (tertiary/aromatic N) is 3. The molecule has 0 aliphatic carbocycles. The van der Waals surface area contributed by atoms with Crippen LogP contribution < -0.4 is 15.0 Å². The Morgan fingerprint density at radius 3 is 2.75 bits per heavy atom. The van der Waals surface area contributed by atoms with Crippen LogP contribution in [-0.4, -0.2) is 41.4 Å². The van der Waals surface area contributed by atoms with Crippen LogP contribution in [0.15, 0.2) is 36.7 Å². The summed E-state index contributed by atoms with van der Waals surface area (Å²) in [6.07, 6.45) is 5.31. The zero-order valence-electron chi connectivity index (χ0n) is 14.4. The Labute approximate surface area is 142 Å². The molecule has 3 rings (SSSR count). The van der Waals surface area contributed by atoms with Crippen molar-refractivity contribution in [2.75, 3.05) is 18.6 Å². The Morgan fingerprint density at radius 1 is 1.38 bits per heavy atom. The number of methoxy groups -OCH3 is 1. The fourth-order valence-electron chi connectivity index (χ4n) is 3.16. The quantitative estimate of drug-likeness (QED) is 0.878. The van der Waals surface area contributed by atoms with Gasteiger partial charge in [0.1, 0.15) is 5.75 Å². The van der Waals surface area contributed by atoms with E-state index >= 15 is 0 Å². The average Bonchev–Trinajstić information content (AvgIpc) is 3.15. The van der Waals surface area contributed by atoms with Crippen molar-refractivity contribution >= 4 is 11.6 Å². The molecule has 6 heteroatoms. The maximum atomic E-state index is 12.6. The number of amides is 1. The molecule has 128 valence electrons. The number of nitrogens with one attached hydrogen (secondary N) is 1. The van der Waals surface area contributed by atoms with Gasteiger partial charge in [-0.15, -0.1) is 0 Å². The minimum Gasteiger partial charge on any atom is -0.497 e. The fraction of sp³-hybridized carbons (Fsp3) is 0.444. The minimum atomic E-state index is -0.126. The van der Waals surface area contributed by atoms with Gasteiger partial charge in [0, 0.05) is 25.8 Å². The van der Waals surface area contributed by atoms with Crippen molar-refractivity contribution in [1.29, 1.82) is 0 Å². The molecule has 1 N–H and O–H groups in total. The number of anilines is 1. The van der Waals surface area contributed by atoms with E-state index in [1.54, 1.807) is 18.0 Å². The second-order valence-corrected chi connectivity index (χ2v) is 6.32. The molecule has 0 bridgehead atoms. The van der Waals surface area contributed by atoms with Gasteiger partial charge in [-0.3, -0.25) is 9.48 Å². The van der Waals surface area contributed by atoms with E-state index in [2.05, 4.69) is 29.5 Å². The lowest BCUT2D eigenvalue weighted by Crippen LogP contribution is -2.43. The first-order chi connectivity index (χ1) is 11.6. The lowest BCUT2D eigenvalue weighted by atomic mass is 10.1. The maximum absolute atomic E-state index is 12.6. The van der Waals surface area contributed by atoms with E-state index in [4.69, 9.17) is 4.74 Å². The maximum Gasteiger partial charge on any atom is 0.244 e. The third-order valence-electron chi connectivity index (χ3n) is 4.40. The van der Waals surface area contributed by atoms with E-state index in [0.717, 1.165) is 30.8 Å². The molecular formula is C18H24N4O2. The highest BCUT2D eigenvalue weighted by molar-refractivity contribution is 5.99. The zero-order valence-corrected chi connectivity index (χ0v) is 14.4. The molecule has 1 aliphatic heterocycles. The molecule has 2 atom stereocenters. The van der Waals surface area contributed by atoms with Gasteiger partial charge in [-0.25, -0.2) is 0 Å². The molecule has 1 aromatic heterocycles. The summed E-state index contributed by atoms with van der Waals surface area (Å²) in [5.41, 5.74) is 2.10. The van der Waals surface area contributed by atoms with E-state index < -0.39 is 0 Å². The molecule has 1 aromatic carbocycles. The van der Waals surface area contributed by atoms with Crippen molar-refractivity contribution in [3.63, 3.8) is 0 Å².